The second kappa shape index (κ2) is 6.98. The van der Waals surface area contributed by atoms with Crippen LogP contribution in [-0.4, -0.2) is 9.97 Å². The Labute approximate surface area is 127 Å². The van der Waals surface area contributed by atoms with E-state index in [-0.39, 0.29) is 12.4 Å². The Balaban J connectivity index is 0.000000141. The summed E-state index contributed by atoms with van der Waals surface area (Å²) in [4.78, 5) is 8.32. The molecule has 0 unspecified atom stereocenters. The number of para-hydroxylation sites is 2. The number of benzene rings is 2. The topological polar surface area (TPSA) is 25.8 Å². The first-order chi connectivity index (χ1) is 9.43. The van der Waals surface area contributed by atoms with E-state index in [4.69, 9.17) is 0 Å². The van der Waals surface area contributed by atoms with Crippen molar-refractivity contribution in [1.29, 1.82) is 0 Å². The van der Waals surface area contributed by atoms with E-state index in [1.807, 2.05) is 54.2 Å². The summed E-state index contributed by atoms with van der Waals surface area (Å²) in [6, 6.07) is 20.2. The van der Waals surface area contributed by atoms with Gasteiger partial charge in [0.15, 0.2) is 0 Å². The SMILES string of the molecule is Cl.c1ccc2ncccc2c1.c1ccc2scnc2c1. The zero-order chi connectivity index (χ0) is 12.9. The summed E-state index contributed by atoms with van der Waals surface area (Å²) in [5.41, 5.74) is 4.03. The number of nitrogens with zero attached hydrogens (tertiary/aromatic N) is 2. The lowest BCUT2D eigenvalue weighted by molar-refractivity contribution is 1.41. The standard InChI is InChI=1S/C9H7N.C7H5NS.ClH/c1-2-6-9-8(4-1)5-3-7-10-9;1-2-4-7-6(3-1)8-5-9-7;/h1-7H;1-5H;1H. The first-order valence-electron chi connectivity index (χ1n) is 6.01. The number of fused-ring (bicyclic) bond motifs is 2. The van der Waals surface area contributed by atoms with Gasteiger partial charge >= 0.3 is 0 Å². The van der Waals surface area contributed by atoms with Crippen LogP contribution in [0.5, 0.6) is 0 Å². The highest BCUT2D eigenvalue weighted by Crippen LogP contribution is 2.15. The van der Waals surface area contributed by atoms with E-state index in [2.05, 4.69) is 28.2 Å². The van der Waals surface area contributed by atoms with Gasteiger partial charge in [0.05, 0.1) is 21.2 Å². The summed E-state index contributed by atoms with van der Waals surface area (Å²) in [5, 5.41) is 1.20. The number of thiazole rings is 1. The fourth-order valence-corrected chi connectivity index (χ4v) is 2.50. The van der Waals surface area contributed by atoms with Crippen molar-refractivity contribution in [3.8, 4) is 0 Å². The Morgan fingerprint density at radius 1 is 0.700 bits per heavy atom. The van der Waals surface area contributed by atoms with E-state index < -0.39 is 0 Å². The molecule has 2 heterocycles. The molecule has 0 bridgehead atoms. The molecule has 0 amide bonds. The van der Waals surface area contributed by atoms with Crippen LogP contribution in [-0.2, 0) is 0 Å². The van der Waals surface area contributed by atoms with Crippen molar-refractivity contribution in [2.45, 2.75) is 0 Å². The van der Waals surface area contributed by atoms with Gasteiger partial charge in [-0.05, 0) is 24.3 Å². The van der Waals surface area contributed by atoms with Crippen LogP contribution in [0.15, 0.2) is 72.4 Å². The fraction of sp³-hybridized carbons (Fsp3) is 0. The van der Waals surface area contributed by atoms with Crippen LogP contribution in [0.4, 0.5) is 0 Å². The number of hydrogen-bond acceptors (Lipinski definition) is 3. The van der Waals surface area contributed by atoms with E-state index in [0.29, 0.717) is 0 Å². The summed E-state index contributed by atoms with van der Waals surface area (Å²) in [6.45, 7) is 0. The minimum absolute atomic E-state index is 0. The number of rotatable bonds is 0. The Kier molecular flexibility index (Phi) is 5.04. The molecule has 0 aliphatic heterocycles. The minimum Gasteiger partial charge on any atom is -0.256 e. The predicted molar refractivity (Wildman–Crippen MR) is 88.6 cm³/mol. The molecule has 0 atom stereocenters. The monoisotopic (exact) mass is 300 g/mol. The van der Waals surface area contributed by atoms with Crippen LogP contribution in [0.3, 0.4) is 0 Å². The Morgan fingerprint density at radius 2 is 1.40 bits per heavy atom. The van der Waals surface area contributed by atoms with Crippen molar-refractivity contribution in [2.75, 3.05) is 0 Å². The highest BCUT2D eigenvalue weighted by molar-refractivity contribution is 7.16. The van der Waals surface area contributed by atoms with Gasteiger partial charge in [-0.15, -0.1) is 23.7 Å². The van der Waals surface area contributed by atoms with Gasteiger partial charge in [-0.1, -0.05) is 36.4 Å². The molecule has 0 spiro atoms. The molecule has 0 radical (unpaired) electrons. The molecule has 4 aromatic rings. The van der Waals surface area contributed by atoms with Crippen LogP contribution in [0.25, 0.3) is 21.1 Å². The Hall–Kier alpha value is -1.97. The van der Waals surface area contributed by atoms with Gasteiger partial charge in [-0.2, -0.15) is 0 Å². The van der Waals surface area contributed by atoms with E-state index in [0.717, 1.165) is 11.0 Å². The minimum atomic E-state index is 0. The number of pyridine rings is 1. The third kappa shape index (κ3) is 3.32. The van der Waals surface area contributed by atoms with Gasteiger partial charge < -0.3 is 0 Å². The molecule has 2 aromatic heterocycles. The largest absolute Gasteiger partial charge is 0.256 e. The average molecular weight is 301 g/mol. The lowest BCUT2D eigenvalue weighted by atomic mass is 10.2. The van der Waals surface area contributed by atoms with Crippen LogP contribution in [0.1, 0.15) is 0 Å². The number of halogens is 1. The van der Waals surface area contributed by atoms with Crippen molar-refractivity contribution in [2.24, 2.45) is 0 Å². The van der Waals surface area contributed by atoms with Crippen LogP contribution < -0.4 is 0 Å². The molecule has 0 aliphatic rings. The summed E-state index contributed by atoms with van der Waals surface area (Å²) in [5.74, 6) is 0. The smallest absolute Gasteiger partial charge is 0.0812 e. The molecule has 4 rings (SSSR count). The zero-order valence-corrected chi connectivity index (χ0v) is 12.3. The van der Waals surface area contributed by atoms with Crippen LogP contribution >= 0.6 is 23.7 Å². The van der Waals surface area contributed by atoms with Crippen molar-refractivity contribution in [3.63, 3.8) is 0 Å². The summed E-state index contributed by atoms with van der Waals surface area (Å²) in [7, 11) is 0. The van der Waals surface area contributed by atoms with Crippen molar-refractivity contribution < 1.29 is 0 Å². The maximum atomic E-state index is 4.18. The lowest BCUT2D eigenvalue weighted by Gasteiger charge is -1.91. The first-order valence-corrected chi connectivity index (χ1v) is 6.89. The molecule has 0 saturated heterocycles. The summed E-state index contributed by atoms with van der Waals surface area (Å²) in [6.07, 6.45) is 1.81. The Morgan fingerprint density at radius 3 is 2.20 bits per heavy atom. The summed E-state index contributed by atoms with van der Waals surface area (Å²) >= 11 is 1.68. The molecule has 0 N–H and O–H groups in total. The highest BCUT2D eigenvalue weighted by atomic mass is 35.5. The van der Waals surface area contributed by atoms with Gasteiger partial charge in [-0.25, -0.2) is 4.98 Å². The average Bonchev–Trinajstić information content (AvgIpc) is 2.96. The third-order valence-corrected chi connectivity index (χ3v) is 3.56. The predicted octanol–water partition coefficient (Wildman–Crippen LogP) is 4.95. The van der Waals surface area contributed by atoms with E-state index in [1.165, 1.54) is 10.1 Å². The fourth-order valence-electron chi connectivity index (χ4n) is 1.82. The molecule has 0 aliphatic carbocycles. The van der Waals surface area contributed by atoms with Crippen LogP contribution in [0.2, 0.25) is 0 Å². The molecule has 20 heavy (non-hydrogen) atoms. The maximum absolute atomic E-state index is 4.18. The molecule has 4 heteroatoms. The van der Waals surface area contributed by atoms with Gasteiger partial charge in [0, 0.05) is 11.6 Å². The first kappa shape index (κ1) is 14.4. The molecule has 100 valence electrons. The van der Waals surface area contributed by atoms with Gasteiger partial charge in [0.1, 0.15) is 0 Å². The Bertz CT molecular complexity index is 703. The number of hydrogen-bond donors (Lipinski definition) is 0. The number of aromatic nitrogens is 2. The molecule has 2 nitrogen and oxygen atoms in total. The maximum Gasteiger partial charge on any atom is 0.0812 e. The second-order valence-electron chi connectivity index (χ2n) is 4.02. The quantitative estimate of drug-likeness (QED) is 0.459. The molecule has 0 saturated carbocycles. The van der Waals surface area contributed by atoms with Crippen LogP contribution in [0, 0.1) is 0 Å². The highest BCUT2D eigenvalue weighted by Gasteiger charge is 1.89. The van der Waals surface area contributed by atoms with Gasteiger partial charge in [0.25, 0.3) is 0 Å². The third-order valence-electron chi connectivity index (χ3n) is 2.75. The van der Waals surface area contributed by atoms with E-state index in [9.17, 15) is 0 Å². The summed E-state index contributed by atoms with van der Waals surface area (Å²) < 4.78 is 1.26. The van der Waals surface area contributed by atoms with Gasteiger partial charge in [-0.3, -0.25) is 4.98 Å². The van der Waals surface area contributed by atoms with E-state index in [1.54, 1.807) is 11.3 Å². The molecule has 2 aromatic carbocycles. The normalized spacial score (nSPS) is 9.60. The molecular formula is C16H13ClN2S. The molecular weight excluding hydrogens is 288 g/mol. The van der Waals surface area contributed by atoms with Crippen molar-refractivity contribution in [3.05, 3.63) is 72.4 Å². The van der Waals surface area contributed by atoms with Gasteiger partial charge in [0.2, 0.25) is 0 Å². The zero-order valence-electron chi connectivity index (χ0n) is 10.6. The lowest BCUT2D eigenvalue weighted by Crippen LogP contribution is -1.73. The molecule has 0 fully saturated rings. The van der Waals surface area contributed by atoms with Crippen molar-refractivity contribution >= 4 is 44.9 Å². The van der Waals surface area contributed by atoms with E-state index >= 15 is 0 Å². The second-order valence-corrected chi connectivity index (χ2v) is 4.90. The van der Waals surface area contributed by atoms with Crippen molar-refractivity contribution in [1.82, 2.24) is 9.97 Å².